The van der Waals surface area contributed by atoms with E-state index >= 15 is 0 Å². The summed E-state index contributed by atoms with van der Waals surface area (Å²) in [7, 11) is 0. The van der Waals surface area contributed by atoms with Crippen molar-refractivity contribution >= 4 is 17.2 Å². The van der Waals surface area contributed by atoms with E-state index in [4.69, 9.17) is 0 Å². The first kappa shape index (κ1) is 16.0. The normalized spacial score (nSPS) is 20.4. The third-order valence-corrected chi connectivity index (χ3v) is 5.67. The van der Waals surface area contributed by atoms with Gasteiger partial charge in [-0.1, -0.05) is 36.4 Å². The largest absolute Gasteiger partial charge is 0.325 e. The van der Waals surface area contributed by atoms with E-state index in [1.165, 1.54) is 4.88 Å². The Morgan fingerprint density at radius 1 is 1.16 bits per heavy atom. The molecule has 1 fully saturated rings. The minimum Gasteiger partial charge on any atom is -0.325 e. The summed E-state index contributed by atoms with van der Waals surface area (Å²) in [4.78, 5) is 15.6. The zero-order valence-electron chi connectivity index (χ0n) is 14.0. The average molecular weight is 353 g/mol. The summed E-state index contributed by atoms with van der Waals surface area (Å²) in [6, 6.07) is 14.2. The fourth-order valence-electron chi connectivity index (χ4n) is 3.40. The highest BCUT2D eigenvalue weighted by atomic mass is 32.1. The number of likely N-dealkylation sites (tertiary alicyclic amines) is 1. The number of tetrazole rings is 1. The topological polar surface area (TPSA) is 63.9 Å². The molecule has 128 valence electrons. The van der Waals surface area contributed by atoms with Crippen LogP contribution in [0.1, 0.15) is 36.0 Å². The molecule has 0 aliphatic carbocycles. The highest BCUT2D eigenvalue weighted by Gasteiger charge is 2.46. The standard InChI is InChI=1S/C18H19N5OS/c1-18(10-9-16(24)22(18)13-15-8-5-11-25-15)17-19-20-21-23(17)12-14-6-3-2-4-7-14/h2-8,11H,9-10,12-13H2,1H3. The molecule has 3 aromatic rings. The SMILES string of the molecule is CC1(c2nnnn2Cc2ccccc2)CCC(=O)N1Cc1cccs1. The molecule has 7 heteroatoms. The Labute approximate surface area is 150 Å². The van der Waals surface area contributed by atoms with Gasteiger partial charge in [0, 0.05) is 11.3 Å². The summed E-state index contributed by atoms with van der Waals surface area (Å²) in [6.45, 7) is 3.27. The number of rotatable bonds is 5. The van der Waals surface area contributed by atoms with Crippen LogP contribution in [0.2, 0.25) is 0 Å². The number of benzene rings is 1. The van der Waals surface area contributed by atoms with Gasteiger partial charge in [-0.2, -0.15) is 0 Å². The van der Waals surface area contributed by atoms with Crippen molar-refractivity contribution in [2.24, 2.45) is 0 Å². The van der Waals surface area contributed by atoms with Crippen LogP contribution in [-0.4, -0.2) is 31.0 Å². The molecular weight excluding hydrogens is 334 g/mol. The van der Waals surface area contributed by atoms with Crippen LogP contribution < -0.4 is 0 Å². The molecule has 0 bridgehead atoms. The van der Waals surface area contributed by atoms with E-state index in [1.807, 2.05) is 39.2 Å². The number of nitrogens with zero attached hydrogens (tertiary/aromatic N) is 5. The molecule has 1 saturated heterocycles. The summed E-state index contributed by atoms with van der Waals surface area (Å²) in [6.07, 6.45) is 1.26. The molecule has 1 amide bonds. The molecule has 3 heterocycles. The van der Waals surface area contributed by atoms with Crippen molar-refractivity contribution < 1.29 is 4.79 Å². The van der Waals surface area contributed by atoms with Crippen LogP contribution in [-0.2, 0) is 23.4 Å². The number of aromatic nitrogens is 4. The Balaban J connectivity index is 1.65. The molecule has 1 aliphatic rings. The Bertz CT molecular complexity index is 861. The summed E-state index contributed by atoms with van der Waals surface area (Å²) >= 11 is 1.66. The minimum absolute atomic E-state index is 0.158. The predicted molar refractivity (Wildman–Crippen MR) is 94.8 cm³/mol. The molecular formula is C18H19N5OS. The second kappa shape index (κ2) is 6.40. The summed E-state index contributed by atoms with van der Waals surface area (Å²) in [5, 5.41) is 14.4. The van der Waals surface area contributed by atoms with Gasteiger partial charge >= 0.3 is 0 Å². The van der Waals surface area contributed by atoms with Crippen LogP contribution in [0.25, 0.3) is 0 Å². The zero-order valence-corrected chi connectivity index (χ0v) is 14.8. The molecule has 6 nitrogen and oxygen atoms in total. The number of carbonyl (C=O) groups excluding carboxylic acids is 1. The van der Waals surface area contributed by atoms with Crippen LogP contribution in [0.4, 0.5) is 0 Å². The maximum atomic E-state index is 12.5. The fraction of sp³-hybridized carbons (Fsp3) is 0.333. The monoisotopic (exact) mass is 353 g/mol. The highest BCUT2D eigenvalue weighted by Crippen LogP contribution is 2.39. The third-order valence-electron chi connectivity index (χ3n) is 4.81. The van der Waals surface area contributed by atoms with E-state index < -0.39 is 5.54 Å². The Morgan fingerprint density at radius 3 is 2.76 bits per heavy atom. The van der Waals surface area contributed by atoms with Gasteiger partial charge in [0.2, 0.25) is 5.91 Å². The van der Waals surface area contributed by atoms with Gasteiger partial charge in [0.05, 0.1) is 13.1 Å². The predicted octanol–water partition coefficient (Wildman–Crippen LogP) is 2.82. The van der Waals surface area contributed by atoms with Crippen molar-refractivity contribution in [3.63, 3.8) is 0 Å². The number of carbonyl (C=O) groups is 1. The average Bonchev–Trinajstić information content (AvgIpc) is 3.35. The molecule has 4 rings (SSSR count). The number of hydrogen-bond acceptors (Lipinski definition) is 5. The van der Waals surface area contributed by atoms with E-state index in [2.05, 4.69) is 40.6 Å². The molecule has 2 aromatic heterocycles. The van der Waals surface area contributed by atoms with Crippen molar-refractivity contribution in [3.8, 4) is 0 Å². The van der Waals surface area contributed by atoms with E-state index in [9.17, 15) is 4.79 Å². The van der Waals surface area contributed by atoms with Crippen LogP contribution >= 0.6 is 11.3 Å². The van der Waals surface area contributed by atoms with Crippen molar-refractivity contribution in [2.75, 3.05) is 0 Å². The first-order valence-electron chi connectivity index (χ1n) is 8.30. The van der Waals surface area contributed by atoms with Crippen molar-refractivity contribution in [3.05, 3.63) is 64.1 Å². The molecule has 0 radical (unpaired) electrons. The quantitative estimate of drug-likeness (QED) is 0.707. The Hall–Kier alpha value is -2.54. The van der Waals surface area contributed by atoms with Gasteiger partial charge in [0.1, 0.15) is 5.54 Å². The smallest absolute Gasteiger partial charge is 0.223 e. The first-order valence-corrected chi connectivity index (χ1v) is 9.18. The number of thiophene rings is 1. The second-order valence-corrected chi connectivity index (χ2v) is 7.51. The summed E-state index contributed by atoms with van der Waals surface area (Å²) < 4.78 is 1.81. The Kier molecular flexibility index (Phi) is 4.09. The van der Waals surface area contributed by atoms with Crippen molar-refractivity contribution in [1.29, 1.82) is 0 Å². The lowest BCUT2D eigenvalue weighted by atomic mass is 9.97. The van der Waals surface area contributed by atoms with E-state index in [1.54, 1.807) is 11.3 Å². The van der Waals surface area contributed by atoms with Gasteiger partial charge in [-0.3, -0.25) is 4.79 Å². The minimum atomic E-state index is -0.487. The third kappa shape index (κ3) is 2.95. The lowest BCUT2D eigenvalue weighted by molar-refractivity contribution is -0.132. The lowest BCUT2D eigenvalue weighted by Crippen LogP contribution is -2.42. The fourth-order valence-corrected chi connectivity index (χ4v) is 4.09. The summed E-state index contributed by atoms with van der Waals surface area (Å²) in [5.41, 5.74) is 0.646. The van der Waals surface area contributed by atoms with Crippen molar-refractivity contribution in [1.82, 2.24) is 25.1 Å². The number of amides is 1. The highest BCUT2D eigenvalue weighted by molar-refractivity contribution is 7.09. The van der Waals surface area contributed by atoms with Gasteiger partial charge in [-0.25, -0.2) is 4.68 Å². The van der Waals surface area contributed by atoms with E-state index in [0.717, 1.165) is 17.8 Å². The van der Waals surface area contributed by atoms with Gasteiger partial charge < -0.3 is 4.90 Å². The summed E-state index contributed by atoms with van der Waals surface area (Å²) in [5.74, 6) is 0.906. The maximum absolute atomic E-state index is 12.5. The lowest BCUT2D eigenvalue weighted by Gasteiger charge is -2.33. The van der Waals surface area contributed by atoms with Crippen LogP contribution in [0.3, 0.4) is 0 Å². The zero-order chi connectivity index (χ0) is 17.3. The van der Waals surface area contributed by atoms with Gasteiger partial charge in [-0.15, -0.1) is 16.4 Å². The molecule has 1 atom stereocenters. The van der Waals surface area contributed by atoms with Gasteiger partial charge in [0.25, 0.3) is 0 Å². The van der Waals surface area contributed by atoms with Crippen LogP contribution in [0.15, 0.2) is 47.8 Å². The Morgan fingerprint density at radius 2 is 2.00 bits per heavy atom. The van der Waals surface area contributed by atoms with Crippen LogP contribution in [0, 0.1) is 0 Å². The van der Waals surface area contributed by atoms with Gasteiger partial charge in [-0.05, 0) is 40.8 Å². The van der Waals surface area contributed by atoms with Gasteiger partial charge in [0.15, 0.2) is 5.82 Å². The van der Waals surface area contributed by atoms with E-state index in [-0.39, 0.29) is 5.91 Å². The molecule has 0 N–H and O–H groups in total. The molecule has 0 saturated carbocycles. The second-order valence-electron chi connectivity index (χ2n) is 6.48. The molecule has 0 spiro atoms. The first-order chi connectivity index (χ1) is 12.2. The molecule has 1 aromatic carbocycles. The molecule has 1 aliphatic heterocycles. The van der Waals surface area contributed by atoms with Crippen LogP contribution in [0.5, 0.6) is 0 Å². The molecule has 25 heavy (non-hydrogen) atoms. The number of hydrogen-bond donors (Lipinski definition) is 0. The van der Waals surface area contributed by atoms with Crippen molar-refractivity contribution in [2.45, 2.75) is 38.4 Å². The molecule has 1 unspecified atom stereocenters. The van der Waals surface area contributed by atoms with E-state index in [0.29, 0.717) is 19.5 Å². The maximum Gasteiger partial charge on any atom is 0.223 e.